The first-order chi connectivity index (χ1) is 10.4. The summed E-state index contributed by atoms with van der Waals surface area (Å²) >= 11 is 0. The number of fused-ring (bicyclic) bond motifs is 1. The second-order valence-corrected chi connectivity index (χ2v) is 4.93. The van der Waals surface area contributed by atoms with Crippen LogP contribution in [0.3, 0.4) is 0 Å². The van der Waals surface area contributed by atoms with Gasteiger partial charge >= 0.3 is 5.97 Å². The SMILES string of the molecule is CCn1cc(C(=O)O)c(=O)c2cc(F)c(N(C)CCO)cc21. The van der Waals surface area contributed by atoms with Crippen LogP contribution in [-0.2, 0) is 6.54 Å². The Morgan fingerprint density at radius 2 is 2.09 bits per heavy atom. The zero-order valence-corrected chi connectivity index (χ0v) is 12.3. The summed E-state index contributed by atoms with van der Waals surface area (Å²) in [5, 5.41) is 18.1. The quantitative estimate of drug-likeness (QED) is 0.869. The molecule has 0 aliphatic heterocycles. The van der Waals surface area contributed by atoms with E-state index in [2.05, 4.69) is 0 Å². The van der Waals surface area contributed by atoms with E-state index >= 15 is 0 Å². The summed E-state index contributed by atoms with van der Waals surface area (Å²) in [6.45, 7) is 2.35. The molecule has 0 amide bonds. The first-order valence-electron chi connectivity index (χ1n) is 6.82. The highest BCUT2D eigenvalue weighted by atomic mass is 19.1. The molecule has 22 heavy (non-hydrogen) atoms. The van der Waals surface area contributed by atoms with Gasteiger partial charge in [0.1, 0.15) is 11.4 Å². The summed E-state index contributed by atoms with van der Waals surface area (Å²) < 4.78 is 15.8. The third-order valence-corrected chi connectivity index (χ3v) is 3.57. The third kappa shape index (κ3) is 2.67. The van der Waals surface area contributed by atoms with E-state index in [0.717, 1.165) is 6.07 Å². The van der Waals surface area contributed by atoms with Crippen LogP contribution in [0.15, 0.2) is 23.1 Å². The fourth-order valence-electron chi connectivity index (χ4n) is 2.38. The van der Waals surface area contributed by atoms with Crippen molar-refractivity contribution < 1.29 is 19.4 Å². The number of aryl methyl sites for hydroxylation is 1. The Morgan fingerprint density at radius 3 is 2.64 bits per heavy atom. The molecule has 0 aliphatic carbocycles. The number of hydrogen-bond donors (Lipinski definition) is 2. The highest BCUT2D eigenvalue weighted by molar-refractivity contribution is 5.93. The van der Waals surface area contributed by atoms with Gasteiger partial charge in [-0.15, -0.1) is 0 Å². The van der Waals surface area contributed by atoms with Crippen LogP contribution in [0.4, 0.5) is 10.1 Å². The topological polar surface area (TPSA) is 82.8 Å². The monoisotopic (exact) mass is 308 g/mol. The van der Waals surface area contributed by atoms with Crippen LogP contribution in [0.25, 0.3) is 10.9 Å². The van der Waals surface area contributed by atoms with Gasteiger partial charge in [0.2, 0.25) is 5.43 Å². The van der Waals surface area contributed by atoms with E-state index in [1.807, 2.05) is 0 Å². The van der Waals surface area contributed by atoms with Crippen molar-refractivity contribution in [3.05, 3.63) is 39.9 Å². The van der Waals surface area contributed by atoms with Gasteiger partial charge in [-0.1, -0.05) is 0 Å². The lowest BCUT2D eigenvalue weighted by Crippen LogP contribution is -2.23. The van der Waals surface area contributed by atoms with Crippen LogP contribution in [0, 0.1) is 5.82 Å². The maximum absolute atomic E-state index is 14.2. The number of likely N-dealkylation sites (N-methyl/N-ethyl adjacent to an activating group) is 1. The van der Waals surface area contributed by atoms with E-state index in [1.54, 1.807) is 18.5 Å². The molecule has 0 unspecified atom stereocenters. The highest BCUT2D eigenvalue weighted by Crippen LogP contribution is 2.24. The molecule has 6 nitrogen and oxygen atoms in total. The smallest absolute Gasteiger partial charge is 0.341 e. The van der Waals surface area contributed by atoms with Crippen molar-refractivity contribution in [3.63, 3.8) is 0 Å². The Hall–Kier alpha value is -2.41. The molecule has 0 aliphatic rings. The molecule has 0 saturated carbocycles. The van der Waals surface area contributed by atoms with Gasteiger partial charge in [-0.3, -0.25) is 4.79 Å². The number of carboxylic acid groups (broad SMARTS) is 1. The van der Waals surface area contributed by atoms with Crippen LogP contribution in [0.2, 0.25) is 0 Å². The number of nitrogens with zero attached hydrogens (tertiary/aromatic N) is 2. The largest absolute Gasteiger partial charge is 0.477 e. The van der Waals surface area contributed by atoms with Gasteiger partial charge in [-0.2, -0.15) is 0 Å². The predicted octanol–water partition coefficient (Wildman–Crippen LogP) is 1.29. The van der Waals surface area contributed by atoms with Gasteiger partial charge in [0.05, 0.1) is 17.8 Å². The van der Waals surface area contributed by atoms with Gasteiger partial charge in [0.15, 0.2) is 0 Å². The summed E-state index contributed by atoms with van der Waals surface area (Å²) in [7, 11) is 1.63. The molecule has 2 aromatic rings. The average Bonchev–Trinajstić information content (AvgIpc) is 2.47. The number of rotatable bonds is 5. The molecule has 0 bridgehead atoms. The van der Waals surface area contributed by atoms with E-state index in [-0.39, 0.29) is 29.8 Å². The molecule has 0 atom stereocenters. The maximum atomic E-state index is 14.2. The summed E-state index contributed by atoms with van der Waals surface area (Å²) in [5.41, 5.74) is -0.391. The normalized spacial score (nSPS) is 10.9. The summed E-state index contributed by atoms with van der Waals surface area (Å²) in [5.74, 6) is -1.97. The second-order valence-electron chi connectivity index (χ2n) is 4.93. The average molecular weight is 308 g/mol. The van der Waals surface area contributed by atoms with Gasteiger partial charge in [-0.25, -0.2) is 9.18 Å². The fraction of sp³-hybridized carbons (Fsp3) is 0.333. The number of carbonyl (C=O) groups is 1. The highest BCUT2D eigenvalue weighted by Gasteiger charge is 2.17. The van der Waals surface area contributed by atoms with Crippen molar-refractivity contribution in [2.75, 3.05) is 25.1 Å². The Morgan fingerprint density at radius 1 is 1.41 bits per heavy atom. The van der Waals surface area contributed by atoms with Gasteiger partial charge in [0.25, 0.3) is 0 Å². The molecule has 7 heteroatoms. The summed E-state index contributed by atoms with van der Waals surface area (Å²) in [6.07, 6.45) is 1.26. The van der Waals surface area contributed by atoms with Crippen LogP contribution in [0.1, 0.15) is 17.3 Å². The Balaban J connectivity index is 2.80. The number of aliphatic hydroxyl groups excluding tert-OH is 1. The van der Waals surface area contributed by atoms with Crippen LogP contribution < -0.4 is 10.3 Å². The summed E-state index contributed by atoms with van der Waals surface area (Å²) in [4.78, 5) is 24.9. The van der Waals surface area contributed by atoms with Crippen LogP contribution >= 0.6 is 0 Å². The van der Waals surface area contributed by atoms with Crippen molar-refractivity contribution >= 4 is 22.6 Å². The minimum Gasteiger partial charge on any atom is -0.477 e. The van der Waals surface area contributed by atoms with Crippen molar-refractivity contribution in [2.45, 2.75) is 13.5 Å². The lowest BCUT2D eigenvalue weighted by Gasteiger charge is -2.20. The molecule has 118 valence electrons. The predicted molar refractivity (Wildman–Crippen MR) is 81.2 cm³/mol. The number of aromatic nitrogens is 1. The number of carboxylic acids is 1. The first-order valence-corrected chi connectivity index (χ1v) is 6.82. The lowest BCUT2D eigenvalue weighted by molar-refractivity contribution is 0.0695. The van der Waals surface area contributed by atoms with E-state index in [1.165, 1.54) is 17.2 Å². The number of halogens is 1. The first kappa shape index (κ1) is 16.0. The minimum atomic E-state index is -1.34. The molecule has 1 aromatic carbocycles. The molecule has 0 radical (unpaired) electrons. The summed E-state index contributed by atoms with van der Waals surface area (Å²) in [6, 6.07) is 2.55. The molecule has 2 rings (SSSR count). The van der Waals surface area contributed by atoms with Gasteiger partial charge in [0, 0.05) is 31.7 Å². The zero-order chi connectivity index (χ0) is 16.4. The maximum Gasteiger partial charge on any atom is 0.341 e. The third-order valence-electron chi connectivity index (χ3n) is 3.57. The van der Waals surface area contributed by atoms with E-state index in [4.69, 9.17) is 10.2 Å². The van der Waals surface area contributed by atoms with Crippen molar-refractivity contribution in [3.8, 4) is 0 Å². The molecule has 1 aromatic heterocycles. The van der Waals surface area contributed by atoms with Crippen molar-refractivity contribution in [1.29, 1.82) is 0 Å². The fourth-order valence-corrected chi connectivity index (χ4v) is 2.38. The lowest BCUT2D eigenvalue weighted by atomic mass is 10.1. The number of anilines is 1. The van der Waals surface area contributed by atoms with Crippen LogP contribution in [0.5, 0.6) is 0 Å². The Labute approximate surface area is 126 Å². The molecule has 0 spiro atoms. The molecule has 2 N–H and O–H groups in total. The number of aromatic carboxylic acids is 1. The van der Waals surface area contributed by atoms with Gasteiger partial charge in [-0.05, 0) is 19.1 Å². The number of pyridine rings is 1. The number of hydrogen-bond acceptors (Lipinski definition) is 4. The minimum absolute atomic E-state index is 0.0281. The zero-order valence-electron chi connectivity index (χ0n) is 12.3. The molecular weight excluding hydrogens is 291 g/mol. The standard InChI is InChI=1S/C15H17FN2O4/c1-3-18-8-10(15(21)22)14(20)9-6-11(16)13(7-12(9)18)17(2)4-5-19/h6-8,19H,3-5H2,1-2H3,(H,21,22). The molecule has 0 saturated heterocycles. The van der Waals surface area contributed by atoms with E-state index in [9.17, 15) is 14.0 Å². The number of aliphatic hydroxyl groups is 1. The van der Waals surface area contributed by atoms with Crippen LogP contribution in [-0.4, -0.2) is 40.9 Å². The second kappa shape index (κ2) is 6.15. The number of benzene rings is 1. The molecular formula is C15H17FN2O4. The van der Waals surface area contributed by atoms with E-state index in [0.29, 0.717) is 12.1 Å². The Bertz CT molecular complexity index is 785. The van der Waals surface area contributed by atoms with E-state index < -0.39 is 17.2 Å². The molecule has 0 fully saturated rings. The van der Waals surface area contributed by atoms with Crippen molar-refractivity contribution in [2.24, 2.45) is 0 Å². The van der Waals surface area contributed by atoms with Crippen molar-refractivity contribution in [1.82, 2.24) is 4.57 Å². The Kier molecular flexibility index (Phi) is 4.46. The molecule has 1 heterocycles. The van der Waals surface area contributed by atoms with Gasteiger partial charge < -0.3 is 19.7 Å².